The van der Waals surface area contributed by atoms with Crippen molar-refractivity contribution in [2.45, 2.75) is 52.4 Å². The summed E-state index contributed by atoms with van der Waals surface area (Å²) in [6.07, 6.45) is 0.934. The fourth-order valence-corrected chi connectivity index (χ4v) is 4.04. The molecular weight excluding hydrogens is 607 g/mol. The molecule has 0 aliphatic carbocycles. The van der Waals surface area contributed by atoms with Gasteiger partial charge in [-0.25, -0.2) is 4.89 Å². The van der Waals surface area contributed by atoms with Crippen LogP contribution in [0, 0.1) is 49.4 Å². The Balaban J connectivity index is 0.00000176. The zero-order chi connectivity index (χ0) is 15.5. The Kier molecular flexibility index (Phi) is 8.32. The van der Waals surface area contributed by atoms with Gasteiger partial charge in [-0.1, -0.05) is 46.8 Å². The van der Waals surface area contributed by atoms with Gasteiger partial charge < -0.3 is 17.3 Å². The first-order valence-electron chi connectivity index (χ1n) is 7.53. The van der Waals surface area contributed by atoms with Gasteiger partial charge in [-0.15, -0.1) is 0 Å². The molecule has 1 aromatic rings. The molecule has 2 unspecified atom stereocenters. The molecule has 131 valence electrons. The van der Waals surface area contributed by atoms with Crippen LogP contribution in [0.1, 0.15) is 46.6 Å². The molecule has 0 bridgehead atoms. The van der Waals surface area contributed by atoms with Gasteiger partial charge in [0.05, 0.1) is 6.61 Å². The molecule has 0 aromatic heterocycles. The first-order chi connectivity index (χ1) is 9.72. The number of phenols is 1. The van der Waals surface area contributed by atoms with Crippen molar-refractivity contribution >= 4 is 0 Å². The van der Waals surface area contributed by atoms with Crippen molar-refractivity contribution in [1.29, 1.82) is 0 Å². The van der Waals surface area contributed by atoms with Crippen LogP contribution in [0.2, 0.25) is 0 Å². The summed E-state index contributed by atoms with van der Waals surface area (Å²) in [5.41, 5.74) is -0.122. The molecule has 1 N–H and O–H groups in total. The molecule has 24 heavy (non-hydrogen) atoms. The molecule has 2 heterocycles. The van der Waals surface area contributed by atoms with Gasteiger partial charge >= 0.3 is 0 Å². The minimum atomic E-state index is -0.950. The number of benzene rings is 1. The maximum Gasteiger partial charge on any atom is 0.261 e. The third-order valence-corrected chi connectivity index (χ3v) is 5.40. The maximum atomic E-state index is 9.82. The van der Waals surface area contributed by atoms with E-state index in [4.69, 9.17) is 14.5 Å². The summed E-state index contributed by atoms with van der Waals surface area (Å²) < 4.78 is 6.13. The van der Waals surface area contributed by atoms with Gasteiger partial charge in [0, 0.05) is 80.2 Å². The summed E-state index contributed by atoms with van der Waals surface area (Å²) in [6, 6.07) is 7.07. The van der Waals surface area contributed by atoms with Crippen LogP contribution < -0.4 is 0 Å². The van der Waals surface area contributed by atoms with E-state index >= 15 is 0 Å². The van der Waals surface area contributed by atoms with Gasteiger partial charge in [0.15, 0.2) is 5.60 Å². The van der Waals surface area contributed by atoms with Crippen LogP contribution in [0.4, 0.5) is 0 Å². The van der Waals surface area contributed by atoms with Gasteiger partial charge in [-0.05, 0) is 18.6 Å². The molecule has 2 fully saturated rings. The molecule has 0 amide bonds. The van der Waals surface area contributed by atoms with E-state index < -0.39 is 11.4 Å². The smallest absolute Gasteiger partial charge is 0.261 e. The average Bonchev–Trinajstić information content (AvgIpc) is 2.53. The molecule has 0 spiro atoms. The van der Waals surface area contributed by atoms with Crippen molar-refractivity contribution in [1.82, 2.24) is 0 Å². The topological polar surface area (TPSA) is 47.9 Å². The number of hydrogen-bond acceptors (Lipinski definition) is 4. The SMILES string of the molecule is CCC(C)(C)C12OOC1(c1cccc(O)c1)OCC2(C)C.[CH3-].[U].[Y]. The van der Waals surface area contributed by atoms with Crippen molar-refractivity contribution in [3.8, 4) is 5.75 Å². The molecule has 0 saturated carbocycles. The zero-order valence-electron chi connectivity index (χ0n) is 15.5. The minimum absolute atomic E-state index is 0. The Bertz CT molecular complexity index is 578. The van der Waals surface area contributed by atoms with Gasteiger partial charge in [-0.3, -0.25) is 0 Å². The number of fused-ring (bicyclic) bond motifs is 1. The largest absolute Gasteiger partial charge is 0.508 e. The summed E-state index contributed by atoms with van der Waals surface area (Å²) in [6.45, 7) is 11.4. The van der Waals surface area contributed by atoms with Crippen LogP contribution in [0.3, 0.4) is 0 Å². The Hall–Kier alpha value is 1.06. The number of hydrogen-bond donors (Lipinski definition) is 1. The molecule has 6 heteroatoms. The predicted molar refractivity (Wildman–Crippen MR) is 84.9 cm³/mol. The molecule has 2 saturated heterocycles. The van der Waals surface area contributed by atoms with E-state index in [1.807, 2.05) is 6.07 Å². The summed E-state index contributed by atoms with van der Waals surface area (Å²) in [7, 11) is 0. The van der Waals surface area contributed by atoms with Crippen LogP contribution in [0.5, 0.6) is 5.75 Å². The molecule has 2 aliphatic heterocycles. The monoisotopic (exact) mass is 634 g/mol. The quantitative estimate of drug-likeness (QED) is 0.401. The molecule has 1 aromatic carbocycles. The van der Waals surface area contributed by atoms with Crippen molar-refractivity contribution in [2.24, 2.45) is 10.8 Å². The number of phenolic OH excluding ortho intramolecular Hbond substituents is 1. The number of rotatable bonds is 3. The summed E-state index contributed by atoms with van der Waals surface area (Å²) in [4.78, 5) is 11.4. The molecular formula is C18H27O4UY-. The van der Waals surface area contributed by atoms with Crippen LogP contribution in [0.15, 0.2) is 24.3 Å². The summed E-state index contributed by atoms with van der Waals surface area (Å²) in [5.74, 6) is -0.747. The van der Waals surface area contributed by atoms with E-state index in [2.05, 4.69) is 34.6 Å². The fraction of sp³-hybridized carbons (Fsp3) is 0.611. The second-order valence-electron chi connectivity index (χ2n) is 7.42. The number of ether oxygens (including phenoxy) is 1. The minimum Gasteiger partial charge on any atom is -0.508 e. The predicted octanol–water partition coefficient (Wildman–Crippen LogP) is 4.19. The second-order valence-corrected chi connectivity index (χ2v) is 7.42. The van der Waals surface area contributed by atoms with E-state index in [0.717, 1.165) is 12.0 Å². The van der Waals surface area contributed by atoms with Crippen molar-refractivity contribution < 1.29 is 83.4 Å². The first-order valence-corrected chi connectivity index (χ1v) is 7.53. The van der Waals surface area contributed by atoms with Gasteiger partial charge in [0.1, 0.15) is 5.75 Å². The van der Waals surface area contributed by atoms with Gasteiger partial charge in [0.25, 0.3) is 5.79 Å². The molecule has 3 rings (SSSR count). The van der Waals surface area contributed by atoms with E-state index in [1.165, 1.54) is 0 Å². The Morgan fingerprint density at radius 3 is 2.29 bits per heavy atom. The molecule has 2 aliphatic rings. The first kappa shape index (κ1) is 25.1. The van der Waals surface area contributed by atoms with Gasteiger partial charge in [-0.2, -0.15) is 4.89 Å². The van der Waals surface area contributed by atoms with Gasteiger partial charge in [0.2, 0.25) is 0 Å². The standard InChI is InChI=1S/C17H24O4.CH3.U.Y/c1-6-14(2,3)17-15(4,5)11-19-16(17,20-21-17)12-8-7-9-13(18)10-12;;;/h7-10,18H,6,11H2,1-5H3;1H3;;/q;-1;;. The van der Waals surface area contributed by atoms with Crippen molar-refractivity contribution in [3.05, 3.63) is 37.3 Å². The molecule has 2 atom stereocenters. The Morgan fingerprint density at radius 2 is 1.83 bits per heavy atom. The average molecular weight is 634 g/mol. The van der Waals surface area contributed by atoms with E-state index in [0.29, 0.717) is 6.61 Å². The Morgan fingerprint density at radius 1 is 1.21 bits per heavy atom. The summed E-state index contributed by atoms with van der Waals surface area (Å²) in [5, 5.41) is 9.82. The molecule has 4 nitrogen and oxygen atoms in total. The number of aromatic hydroxyl groups is 1. The van der Waals surface area contributed by atoms with E-state index in [9.17, 15) is 5.11 Å². The third kappa shape index (κ3) is 3.01. The Labute approximate surface area is 194 Å². The van der Waals surface area contributed by atoms with E-state index in [1.54, 1.807) is 18.2 Å². The van der Waals surface area contributed by atoms with Crippen LogP contribution in [0.25, 0.3) is 0 Å². The second kappa shape index (κ2) is 7.97. The normalized spacial score (nSPS) is 30.0. The van der Waals surface area contributed by atoms with E-state index in [-0.39, 0.29) is 87.8 Å². The van der Waals surface area contributed by atoms with Crippen LogP contribution in [-0.4, -0.2) is 17.3 Å². The van der Waals surface area contributed by atoms with Crippen molar-refractivity contribution in [3.63, 3.8) is 0 Å². The van der Waals surface area contributed by atoms with Crippen molar-refractivity contribution in [2.75, 3.05) is 6.61 Å². The molecule has 1 radical (unpaired) electrons. The zero-order valence-corrected chi connectivity index (χ0v) is 22.5. The fourth-order valence-electron chi connectivity index (χ4n) is 4.04. The summed E-state index contributed by atoms with van der Waals surface area (Å²) >= 11 is 0. The van der Waals surface area contributed by atoms with Crippen LogP contribution >= 0.6 is 0 Å². The third-order valence-electron chi connectivity index (χ3n) is 5.40. The maximum absolute atomic E-state index is 9.82. The van der Waals surface area contributed by atoms with Crippen LogP contribution in [-0.2, 0) is 53.0 Å².